The van der Waals surface area contributed by atoms with E-state index in [1.165, 1.54) is 4.90 Å². The summed E-state index contributed by atoms with van der Waals surface area (Å²) in [4.78, 5) is 26.8. The van der Waals surface area contributed by atoms with Crippen LogP contribution in [0.25, 0.3) is 0 Å². The molecule has 0 spiro atoms. The molecule has 29 heavy (non-hydrogen) atoms. The molecule has 1 N–H and O–H groups in total. The van der Waals surface area contributed by atoms with Gasteiger partial charge in [0.05, 0.1) is 29.8 Å². The normalized spacial score (nSPS) is 16.4. The van der Waals surface area contributed by atoms with Crippen LogP contribution in [0.2, 0.25) is 0 Å². The lowest BCUT2D eigenvalue weighted by atomic mass is 9.94. The molecule has 0 fully saturated rings. The molecule has 2 aromatic rings. The number of alkyl halides is 1. The molecule has 2 amide bonds. The van der Waals surface area contributed by atoms with Crippen LogP contribution in [0, 0.1) is 0 Å². The molecule has 0 saturated carbocycles. The molecule has 1 heterocycles. The van der Waals surface area contributed by atoms with Crippen molar-refractivity contribution in [3.05, 3.63) is 71.4 Å². The molecule has 0 bridgehead atoms. The van der Waals surface area contributed by atoms with Gasteiger partial charge in [-0.3, -0.25) is 4.90 Å². The van der Waals surface area contributed by atoms with Crippen LogP contribution in [0.5, 0.6) is 11.5 Å². The van der Waals surface area contributed by atoms with Gasteiger partial charge in [-0.2, -0.15) is 0 Å². The van der Waals surface area contributed by atoms with Crippen molar-refractivity contribution >= 4 is 23.6 Å². The number of carbonyl (C=O) groups excluding carboxylic acids is 2. The number of hydrogen-bond acceptors (Lipinski definition) is 4. The Kier molecular flexibility index (Phi) is 6.77. The Morgan fingerprint density at radius 2 is 1.83 bits per heavy atom. The number of urea groups is 1. The highest BCUT2D eigenvalue weighted by Crippen LogP contribution is 2.34. The van der Waals surface area contributed by atoms with E-state index in [0.29, 0.717) is 34.9 Å². The van der Waals surface area contributed by atoms with Crippen molar-refractivity contribution in [2.75, 3.05) is 19.0 Å². The van der Waals surface area contributed by atoms with Gasteiger partial charge in [-0.15, -0.1) is 11.6 Å². The summed E-state index contributed by atoms with van der Waals surface area (Å²) in [5, 5.41) is 2.89. The first-order valence-electron chi connectivity index (χ1n) is 9.46. The van der Waals surface area contributed by atoms with Gasteiger partial charge in [0.15, 0.2) is 0 Å². The number of nitrogens with zero attached hydrogens (tertiary/aromatic N) is 1. The van der Waals surface area contributed by atoms with Crippen molar-refractivity contribution in [3.8, 4) is 11.5 Å². The number of rotatable bonds is 7. The third-order valence-corrected chi connectivity index (χ3v) is 4.80. The number of hydrogen-bond donors (Lipinski definition) is 1. The van der Waals surface area contributed by atoms with Crippen molar-refractivity contribution in [2.45, 2.75) is 19.9 Å². The number of esters is 1. The van der Waals surface area contributed by atoms with Crippen molar-refractivity contribution in [1.29, 1.82) is 0 Å². The molecule has 7 heteroatoms. The summed E-state index contributed by atoms with van der Waals surface area (Å²) in [6, 6.07) is 15.6. The molecular formula is C22H23ClN2O4. The van der Waals surface area contributed by atoms with E-state index in [2.05, 4.69) is 5.32 Å². The van der Waals surface area contributed by atoms with Crippen LogP contribution in [0.15, 0.2) is 65.9 Å². The van der Waals surface area contributed by atoms with E-state index < -0.39 is 12.0 Å². The van der Waals surface area contributed by atoms with Gasteiger partial charge in [0, 0.05) is 6.54 Å². The number of para-hydroxylation sites is 1. The first-order valence-corrected chi connectivity index (χ1v) is 9.99. The number of allylic oxidation sites excluding steroid dienone is 1. The van der Waals surface area contributed by atoms with Crippen molar-refractivity contribution in [3.63, 3.8) is 0 Å². The number of carbonyl (C=O) groups is 2. The molecule has 1 atom stereocenters. The fourth-order valence-corrected chi connectivity index (χ4v) is 3.55. The zero-order chi connectivity index (χ0) is 20.8. The first kappa shape index (κ1) is 20.7. The second-order valence-corrected chi connectivity index (χ2v) is 6.60. The predicted octanol–water partition coefficient (Wildman–Crippen LogP) is 4.62. The fourth-order valence-electron chi connectivity index (χ4n) is 3.26. The third-order valence-electron chi connectivity index (χ3n) is 4.55. The second-order valence-electron chi connectivity index (χ2n) is 6.33. The van der Waals surface area contributed by atoms with E-state index in [0.717, 1.165) is 0 Å². The molecule has 1 aliphatic heterocycles. The molecule has 1 unspecified atom stereocenters. The maximum atomic E-state index is 12.7. The Balaban J connectivity index is 2.02. The number of ether oxygens (including phenoxy) is 2. The van der Waals surface area contributed by atoms with E-state index in [9.17, 15) is 9.59 Å². The monoisotopic (exact) mass is 414 g/mol. The minimum Gasteiger partial charge on any atom is -0.463 e. The van der Waals surface area contributed by atoms with Gasteiger partial charge >= 0.3 is 12.0 Å². The van der Waals surface area contributed by atoms with Crippen LogP contribution in [0.1, 0.15) is 25.5 Å². The predicted molar refractivity (Wildman–Crippen MR) is 111 cm³/mol. The van der Waals surface area contributed by atoms with Crippen LogP contribution < -0.4 is 10.1 Å². The minimum atomic E-state index is -0.683. The number of benzene rings is 2. The van der Waals surface area contributed by atoms with Crippen LogP contribution in [-0.4, -0.2) is 35.9 Å². The van der Waals surface area contributed by atoms with Gasteiger partial charge in [-0.25, -0.2) is 9.59 Å². The Bertz CT molecular complexity index is 914. The van der Waals surface area contributed by atoms with Crippen molar-refractivity contribution in [2.24, 2.45) is 0 Å². The smallest absolute Gasteiger partial charge is 0.338 e. The zero-order valence-electron chi connectivity index (χ0n) is 16.4. The molecule has 0 aliphatic carbocycles. The second kappa shape index (κ2) is 9.47. The number of halogens is 1. The Morgan fingerprint density at radius 3 is 2.48 bits per heavy atom. The SMILES string of the molecule is CCOC(=O)C1=C(CCl)N(CC)C(=O)NC1c1cccc(Oc2ccccc2)c1. The van der Waals surface area contributed by atoms with Crippen molar-refractivity contribution < 1.29 is 19.1 Å². The van der Waals surface area contributed by atoms with E-state index in [-0.39, 0.29) is 18.5 Å². The van der Waals surface area contributed by atoms with Gasteiger partial charge < -0.3 is 14.8 Å². The van der Waals surface area contributed by atoms with Crippen LogP contribution in [0.3, 0.4) is 0 Å². The number of amides is 2. The highest BCUT2D eigenvalue weighted by Gasteiger charge is 2.37. The maximum Gasteiger partial charge on any atom is 0.338 e. The fraction of sp³-hybridized carbons (Fsp3) is 0.273. The maximum absolute atomic E-state index is 12.7. The molecule has 152 valence electrons. The summed E-state index contributed by atoms with van der Waals surface area (Å²) in [7, 11) is 0. The lowest BCUT2D eigenvalue weighted by Crippen LogP contribution is -2.48. The molecular weight excluding hydrogens is 392 g/mol. The van der Waals surface area contributed by atoms with E-state index >= 15 is 0 Å². The average Bonchev–Trinajstić information content (AvgIpc) is 2.74. The molecule has 0 saturated heterocycles. The summed E-state index contributed by atoms with van der Waals surface area (Å²) >= 11 is 6.14. The van der Waals surface area contributed by atoms with Gasteiger partial charge in [0.25, 0.3) is 0 Å². The standard InChI is InChI=1S/C22H23ClN2O4/c1-3-25-18(14-23)19(21(26)28-4-2)20(24-22(25)27)15-9-8-12-17(13-15)29-16-10-6-5-7-11-16/h5-13,20H,3-4,14H2,1-2H3,(H,24,27). The highest BCUT2D eigenvalue weighted by molar-refractivity contribution is 6.20. The molecule has 2 aromatic carbocycles. The first-order chi connectivity index (χ1) is 14.1. The summed E-state index contributed by atoms with van der Waals surface area (Å²) < 4.78 is 11.1. The van der Waals surface area contributed by atoms with Crippen molar-refractivity contribution in [1.82, 2.24) is 10.2 Å². The summed E-state index contributed by atoms with van der Waals surface area (Å²) in [6.07, 6.45) is 0. The van der Waals surface area contributed by atoms with Crippen LogP contribution >= 0.6 is 11.6 Å². The third kappa shape index (κ3) is 4.54. The van der Waals surface area contributed by atoms with Gasteiger partial charge in [-0.05, 0) is 43.7 Å². The van der Waals surface area contributed by atoms with Crippen LogP contribution in [-0.2, 0) is 9.53 Å². The van der Waals surface area contributed by atoms with Gasteiger partial charge in [0.2, 0.25) is 0 Å². The van der Waals surface area contributed by atoms with E-state index in [1.54, 1.807) is 13.0 Å². The molecule has 0 radical (unpaired) electrons. The Morgan fingerprint density at radius 1 is 1.10 bits per heavy atom. The lowest BCUT2D eigenvalue weighted by Gasteiger charge is -2.35. The molecule has 3 rings (SSSR count). The Hall–Kier alpha value is -2.99. The lowest BCUT2D eigenvalue weighted by molar-refractivity contribution is -0.139. The van der Waals surface area contributed by atoms with Crippen LogP contribution in [0.4, 0.5) is 4.79 Å². The van der Waals surface area contributed by atoms with E-state index in [1.807, 2.05) is 55.5 Å². The topological polar surface area (TPSA) is 67.9 Å². The summed E-state index contributed by atoms with van der Waals surface area (Å²) in [5.41, 5.74) is 1.49. The molecule has 1 aliphatic rings. The van der Waals surface area contributed by atoms with Gasteiger partial charge in [0.1, 0.15) is 11.5 Å². The van der Waals surface area contributed by atoms with E-state index in [4.69, 9.17) is 21.1 Å². The quantitative estimate of drug-likeness (QED) is 0.530. The molecule has 0 aromatic heterocycles. The summed E-state index contributed by atoms with van der Waals surface area (Å²) in [5.74, 6) is 0.807. The largest absolute Gasteiger partial charge is 0.463 e. The number of nitrogens with one attached hydrogen (secondary N) is 1. The highest BCUT2D eigenvalue weighted by atomic mass is 35.5. The van der Waals surface area contributed by atoms with Gasteiger partial charge in [-0.1, -0.05) is 30.3 Å². The Labute approximate surface area is 175 Å². The molecule has 6 nitrogen and oxygen atoms in total. The zero-order valence-corrected chi connectivity index (χ0v) is 17.1. The minimum absolute atomic E-state index is 0.0200. The summed E-state index contributed by atoms with van der Waals surface area (Å²) in [6.45, 7) is 4.17. The average molecular weight is 415 g/mol.